The van der Waals surface area contributed by atoms with Crippen LogP contribution >= 0.6 is 0 Å². The van der Waals surface area contributed by atoms with Gasteiger partial charge in [0.2, 0.25) is 0 Å². The molecule has 0 saturated carbocycles. The lowest BCUT2D eigenvalue weighted by molar-refractivity contribution is 0.454. The second-order valence-corrected chi connectivity index (χ2v) is 6.88. The van der Waals surface area contributed by atoms with Gasteiger partial charge in [0.05, 0.1) is 11.4 Å². The van der Waals surface area contributed by atoms with Crippen molar-refractivity contribution < 1.29 is 0 Å². The number of aromatic amines is 1. The van der Waals surface area contributed by atoms with Crippen LogP contribution in [0.3, 0.4) is 0 Å². The summed E-state index contributed by atoms with van der Waals surface area (Å²) in [4.78, 5) is 8.84. The molecule has 4 rings (SSSR count). The van der Waals surface area contributed by atoms with Crippen molar-refractivity contribution in [3.63, 3.8) is 0 Å². The first kappa shape index (κ1) is 15.6. The zero-order valence-corrected chi connectivity index (χ0v) is 14.1. The van der Waals surface area contributed by atoms with Crippen LogP contribution in [0.15, 0.2) is 12.4 Å². The van der Waals surface area contributed by atoms with E-state index in [0.29, 0.717) is 5.92 Å². The Kier molecular flexibility index (Phi) is 4.74. The summed E-state index contributed by atoms with van der Waals surface area (Å²) in [5.41, 5.74) is 5.19. The second-order valence-electron chi connectivity index (χ2n) is 6.88. The number of nitrogens with zero attached hydrogens (tertiary/aromatic N) is 3. The fourth-order valence-corrected chi connectivity index (χ4v) is 3.86. The SMILES string of the molecule is c1nc(NCCc2n[nH]c3c2CCCC3)cc([C@@H]2CCCNC2)n1. The lowest BCUT2D eigenvalue weighted by Gasteiger charge is -2.22. The van der Waals surface area contributed by atoms with Crippen LogP contribution in [0.2, 0.25) is 0 Å². The smallest absolute Gasteiger partial charge is 0.129 e. The van der Waals surface area contributed by atoms with Crippen LogP contribution < -0.4 is 10.6 Å². The van der Waals surface area contributed by atoms with Gasteiger partial charge < -0.3 is 10.6 Å². The number of fused-ring (bicyclic) bond motifs is 1. The highest BCUT2D eigenvalue weighted by molar-refractivity contribution is 5.36. The average molecular weight is 326 g/mol. The zero-order valence-electron chi connectivity index (χ0n) is 14.1. The number of rotatable bonds is 5. The van der Waals surface area contributed by atoms with E-state index in [0.717, 1.165) is 44.0 Å². The zero-order chi connectivity index (χ0) is 16.2. The van der Waals surface area contributed by atoms with Crippen LogP contribution in [0.25, 0.3) is 0 Å². The number of hydrogen-bond acceptors (Lipinski definition) is 5. The summed E-state index contributed by atoms with van der Waals surface area (Å²) >= 11 is 0. The molecule has 2 aromatic heterocycles. The summed E-state index contributed by atoms with van der Waals surface area (Å²) in [7, 11) is 0. The normalized spacial score (nSPS) is 20.6. The number of piperidine rings is 1. The van der Waals surface area contributed by atoms with Gasteiger partial charge in [0, 0.05) is 37.2 Å². The summed E-state index contributed by atoms with van der Waals surface area (Å²) in [6.07, 6.45) is 9.96. The van der Waals surface area contributed by atoms with E-state index in [1.165, 1.54) is 49.1 Å². The molecule has 1 fully saturated rings. The monoisotopic (exact) mass is 326 g/mol. The van der Waals surface area contributed by atoms with Crippen molar-refractivity contribution in [1.82, 2.24) is 25.5 Å². The quantitative estimate of drug-likeness (QED) is 0.785. The molecular formula is C18H26N6. The van der Waals surface area contributed by atoms with Crippen molar-refractivity contribution in [3.05, 3.63) is 35.0 Å². The molecule has 6 nitrogen and oxygen atoms in total. The van der Waals surface area contributed by atoms with Crippen LogP contribution in [0.1, 0.15) is 54.2 Å². The van der Waals surface area contributed by atoms with Crippen LogP contribution in [0.4, 0.5) is 5.82 Å². The lowest BCUT2D eigenvalue weighted by atomic mass is 9.95. The number of aromatic nitrogens is 4. The molecular weight excluding hydrogens is 300 g/mol. The molecule has 0 amide bonds. The van der Waals surface area contributed by atoms with Gasteiger partial charge in [0.25, 0.3) is 0 Å². The maximum Gasteiger partial charge on any atom is 0.129 e. The van der Waals surface area contributed by atoms with E-state index in [1.807, 2.05) is 0 Å². The summed E-state index contributed by atoms with van der Waals surface area (Å²) in [6.45, 7) is 3.01. The molecule has 2 aliphatic rings. The summed E-state index contributed by atoms with van der Waals surface area (Å²) in [5.74, 6) is 1.44. The molecule has 128 valence electrons. The number of hydrogen-bond donors (Lipinski definition) is 3. The molecule has 1 saturated heterocycles. The molecule has 1 aliphatic heterocycles. The van der Waals surface area contributed by atoms with Crippen molar-refractivity contribution in [1.29, 1.82) is 0 Å². The largest absolute Gasteiger partial charge is 0.370 e. The molecule has 0 unspecified atom stereocenters. The molecule has 0 radical (unpaired) electrons. The summed E-state index contributed by atoms with van der Waals surface area (Å²) in [5, 5.41) is 14.6. The summed E-state index contributed by atoms with van der Waals surface area (Å²) < 4.78 is 0. The number of aryl methyl sites for hydroxylation is 1. The van der Waals surface area contributed by atoms with Gasteiger partial charge in [0.1, 0.15) is 12.1 Å². The highest BCUT2D eigenvalue weighted by Gasteiger charge is 2.18. The minimum atomic E-state index is 0.514. The van der Waals surface area contributed by atoms with E-state index in [-0.39, 0.29) is 0 Å². The van der Waals surface area contributed by atoms with E-state index in [2.05, 4.69) is 36.9 Å². The Hall–Kier alpha value is -1.95. The molecule has 2 aromatic rings. The maximum absolute atomic E-state index is 4.51. The molecule has 0 spiro atoms. The topological polar surface area (TPSA) is 78.5 Å². The van der Waals surface area contributed by atoms with Crippen molar-refractivity contribution in [2.45, 2.75) is 50.9 Å². The summed E-state index contributed by atoms with van der Waals surface area (Å²) in [6, 6.07) is 2.11. The van der Waals surface area contributed by atoms with Crippen LogP contribution in [0.5, 0.6) is 0 Å². The third-order valence-corrected chi connectivity index (χ3v) is 5.21. The van der Waals surface area contributed by atoms with Crippen LogP contribution in [-0.4, -0.2) is 39.8 Å². The van der Waals surface area contributed by atoms with Crippen molar-refractivity contribution >= 4 is 5.82 Å². The average Bonchev–Trinajstić information content (AvgIpc) is 3.06. The van der Waals surface area contributed by atoms with Crippen molar-refractivity contribution in [2.24, 2.45) is 0 Å². The first-order chi connectivity index (χ1) is 11.9. The third kappa shape index (κ3) is 3.43. The van der Waals surface area contributed by atoms with Gasteiger partial charge in [-0.3, -0.25) is 5.10 Å². The Balaban J connectivity index is 1.35. The van der Waals surface area contributed by atoms with E-state index < -0.39 is 0 Å². The Morgan fingerprint density at radius 2 is 2.12 bits per heavy atom. The van der Waals surface area contributed by atoms with Crippen LogP contribution in [0, 0.1) is 0 Å². The molecule has 3 heterocycles. The molecule has 1 aliphatic carbocycles. The van der Waals surface area contributed by atoms with Crippen molar-refractivity contribution in [2.75, 3.05) is 25.0 Å². The van der Waals surface area contributed by atoms with E-state index in [4.69, 9.17) is 0 Å². The predicted octanol–water partition coefficient (Wildman–Crippen LogP) is 2.20. The van der Waals surface area contributed by atoms with Crippen LogP contribution in [-0.2, 0) is 19.3 Å². The fourth-order valence-electron chi connectivity index (χ4n) is 3.86. The molecule has 3 N–H and O–H groups in total. The Morgan fingerprint density at radius 3 is 3.04 bits per heavy atom. The van der Waals surface area contributed by atoms with Gasteiger partial charge in [-0.15, -0.1) is 0 Å². The Morgan fingerprint density at radius 1 is 1.17 bits per heavy atom. The standard InChI is InChI=1S/C18H26N6/c1-2-6-15-14(5-1)16(24-23-15)7-9-20-18-10-17(21-12-22-18)13-4-3-8-19-11-13/h10,12-13,19H,1-9,11H2,(H,23,24)(H,20,21,22)/t13-/m1/s1. The highest BCUT2D eigenvalue weighted by Crippen LogP contribution is 2.23. The van der Waals surface area contributed by atoms with Gasteiger partial charge in [-0.1, -0.05) is 0 Å². The molecule has 6 heteroatoms. The van der Waals surface area contributed by atoms with Gasteiger partial charge in [-0.25, -0.2) is 9.97 Å². The molecule has 24 heavy (non-hydrogen) atoms. The van der Waals surface area contributed by atoms with Gasteiger partial charge in [-0.05, 0) is 50.6 Å². The first-order valence-corrected chi connectivity index (χ1v) is 9.21. The van der Waals surface area contributed by atoms with Crippen molar-refractivity contribution in [3.8, 4) is 0 Å². The van der Waals surface area contributed by atoms with Gasteiger partial charge in [0.15, 0.2) is 0 Å². The predicted molar refractivity (Wildman–Crippen MR) is 94.3 cm³/mol. The third-order valence-electron chi connectivity index (χ3n) is 5.21. The Labute approximate surface area is 142 Å². The molecule has 1 atom stereocenters. The van der Waals surface area contributed by atoms with Gasteiger partial charge in [-0.2, -0.15) is 5.10 Å². The number of anilines is 1. The first-order valence-electron chi connectivity index (χ1n) is 9.21. The number of nitrogens with one attached hydrogen (secondary N) is 3. The van der Waals surface area contributed by atoms with E-state index in [1.54, 1.807) is 6.33 Å². The van der Waals surface area contributed by atoms with E-state index in [9.17, 15) is 0 Å². The number of H-pyrrole nitrogens is 1. The second kappa shape index (κ2) is 7.30. The van der Waals surface area contributed by atoms with Gasteiger partial charge >= 0.3 is 0 Å². The fraction of sp³-hybridized carbons (Fsp3) is 0.611. The highest BCUT2D eigenvalue weighted by atomic mass is 15.1. The minimum absolute atomic E-state index is 0.514. The molecule has 0 aromatic carbocycles. The molecule has 0 bridgehead atoms. The minimum Gasteiger partial charge on any atom is -0.370 e. The Bertz CT molecular complexity index is 674. The maximum atomic E-state index is 4.51. The van der Waals surface area contributed by atoms with E-state index >= 15 is 0 Å². The lowest BCUT2D eigenvalue weighted by Crippen LogP contribution is -2.28.